The fraction of sp³-hybridized carbons (Fsp3) is 0.562. The molecule has 1 aromatic rings. The van der Waals surface area contributed by atoms with Gasteiger partial charge in [-0.15, -0.1) is 0 Å². The van der Waals surface area contributed by atoms with E-state index in [1.807, 2.05) is 0 Å². The van der Waals surface area contributed by atoms with E-state index in [-0.39, 0.29) is 0 Å². The second-order valence-electron chi connectivity index (χ2n) is 5.50. The number of benzene rings is 1. The summed E-state index contributed by atoms with van der Waals surface area (Å²) >= 11 is 0. The van der Waals surface area contributed by atoms with E-state index in [0.29, 0.717) is 18.1 Å². The molecule has 0 spiro atoms. The van der Waals surface area contributed by atoms with Crippen molar-refractivity contribution in [2.24, 2.45) is 5.92 Å². The van der Waals surface area contributed by atoms with Gasteiger partial charge < -0.3 is 5.32 Å². The molecule has 1 aliphatic rings. The Labute approximate surface area is 110 Å². The smallest absolute Gasteiger partial charge is 0.137 e. The van der Waals surface area contributed by atoms with Crippen LogP contribution in [-0.4, -0.2) is 18.9 Å². The maximum Gasteiger partial charge on any atom is 0.137 e. The molecule has 0 radical (unpaired) electrons. The molecule has 98 valence electrons. The van der Waals surface area contributed by atoms with Gasteiger partial charge in [-0.05, 0) is 62.4 Å². The average Bonchev–Trinajstić information content (AvgIpc) is 2.35. The molecule has 0 aromatic heterocycles. The van der Waals surface area contributed by atoms with Crippen molar-refractivity contribution in [3.05, 3.63) is 34.9 Å². The number of rotatable bonds is 4. The molecule has 0 amide bonds. The molecular formula is C16H23NO. The summed E-state index contributed by atoms with van der Waals surface area (Å²) in [6.45, 7) is 6.32. The van der Waals surface area contributed by atoms with Crippen LogP contribution >= 0.6 is 0 Å². The summed E-state index contributed by atoms with van der Waals surface area (Å²) in [5, 5.41) is 3.37. The number of piperidine rings is 1. The first-order chi connectivity index (χ1) is 8.66. The lowest BCUT2D eigenvalue weighted by Crippen LogP contribution is -2.31. The lowest BCUT2D eigenvalue weighted by molar-refractivity contribution is -0.119. The van der Waals surface area contributed by atoms with E-state index in [2.05, 4.69) is 37.4 Å². The molecule has 2 rings (SSSR count). The highest BCUT2D eigenvalue weighted by atomic mass is 16.1. The Morgan fingerprint density at radius 2 is 2.06 bits per heavy atom. The maximum absolute atomic E-state index is 12.2. The topological polar surface area (TPSA) is 29.1 Å². The molecular weight excluding hydrogens is 222 g/mol. The van der Waals surface area contributed by atoms with Crippen LogP contribution in [0.5, 0.6) is 0 Å². The second kappa shape index (κ2) is 6.14. The van der Waals surface area contributed by atoms with Crippen LogP contribution < -0.4 is 5.32 Å². The molecule has 1 N–H and O–H groups in total. The van der Waals surface area contributed by atoms with E-state index in [0.717, 1.165) is 19.5 Å². The van der Waals surface area contributed by atoms with Gasteiger partial charge in [-0.3, -0.25) is 4.79 Å². The number of aryl methyl sites for hydroxylation is 2. The van der Waals surface area contributed by atoms with Gasteiger partial charge in [-0.1, -0.05) is 18.2 Å². The Balaban J connectivity index is 1.94. The molecule has 2 nitrogen and oxygen atoms in total. The molecule has 1 fully saturated rings. The summed E-state index contributed by atoms with van der Waals surface area (Å²) in [4.78, 5) is 12.2. The molecule has 1 unspecified atom stereocenters. The Morgan fingerprint density at radius 3 is 2.67 bits per heavy atom. The minimum absolute atomic E-state index is 0.390. The fourth-order valence-corrected chi connectivity index (χ4v) is 2.82. The van der Waals surface area contributed by atoms with E-state index >= 15 is 0 Å². The van der Waals surface area contributed by atoms with Crippen molar-refractivity contribution >= 4 is 5.78 Å². The van der Waals surface area contributed by atoms with Gasteiger partial charge in [-0.2, -0.15) is 0 Å². The molecule has 2 heteroatoms. The number of carbonyl (C=O) groups is 1. The normalized spacial score (nSPS) is 19.8. The van der Waals surface area contributed by atoms with Crippen molar-refractivity contribution in [2.75, 3.05) is 13.1 Å². The minimum atomic E-state index is 0.390. The summed E-state index contributed by atoms with van der Waals surface area (Å²) in [6.07, 6.45) is 3.75. The van der Waals surface area contributed by atoms with Crippen LogP contribution in [0.3, 0.4) is 0 Å². The second-order valence-corrected chi connectivity index (χ2v) is 5.50. The molecule has 1 aliphatic heterocycles. The number of Topliss-reactive ketones (excluding diaryl/α,β-unsaturated/α-hetero) is 1. The van der Waals surface area contributed by atoms with Gasteiger partial charge >= 0.3 is 0 Å². The Hall–Kier alpha value is -1.15. The Morgan fingerprint density at radius 1 is 1.33 bits per heavy atom. The summed E-state index contributed by atoms with van der Waals surface area (Å²) < 4.78 is 0. The van der Waals surface area contributed by atoms with E-state index in [1.54, 1.807) is 0 Å². The van der Waals surface area contributed by atoms with Crippen molar-refractivity contribution in [3.8, 4) is 0 Å². The third-order valence-corrected chi connectivity index (χ3v) is 3.93. The van der Waals surface area contributed by atoms with Gasteiger partial charge in [-0.25, -0.2) is 0 Å². The predicted octanol–water partition coefficient (Wildman–Crippen LogP) is 2.80. The quantitative estimate of drug-likeness (QED) is 0.883. The van der Waals surface area contributed by atoms with E-state index < -0.39 is 0 Å². The van der Waals surface area contributed by atoms with Gasteiger partial charge in [0.2, 0.25) is 0 Å². The molecule has 1 aromatic carbocycles. The minimum Gasteiger partial charge on any atom is -0.316 e. The Bertz CT molecular complexity index is 399. The highest BCUT2D eigenvalue weighted by Gasteiger charge is 2.17. The van der Waals surface area contributed by atoms with Crippen molar-refractivity contribution < 1.29 is 4.79 Å². The first-order valence-electron chi connectivity index (χ1n) is 6.94. The summed E-state index contributed by atoms with van der Waals surface area (Å²) in [5.74, 6) is 0.941. The molecule has 1 atom stereocenters. The number of ketones is 1. The highest BCUT2D eigenvalue weighted by Crippen LogP contribution is 2.18. The van der Waals surface area contributed by atoms with E-state index in [9.17, 15) is 4.79 Å². The zero-order valence-corrected chi connectivity index (χ0v) is 11.5. The van der Waals surface area contributed by atoms with Crippen molar-refractivity contribution in [2.45, 2.75) is 39.5 Å². The molecule has 1 saturated heterocycles. The zero-order chi connectivity index (χ0) is 13.0. The third kappa shape index (κ3) is 3.42. The lowest BCUT2D eigenvalue weighted by atomic mass is 9.90. The Kier molecular flexibility index (Phi) is 4.54. The average molecular weight is 245 g/mol. The number of hydrogen-bond donors (Lipinski definition) is 1. The lowest BCUT2D eigenvalue weighted by Gasteiger charge is -2.22. The largest absolute Gasteiger partial charge is 0.316 e. The van der Waals surface area contributed by atoms with E-state index in [4.69, 9.17) is 0 Å². The summed E-state index contributed by atoms with van der Waals surface area (Å²) in [5.41, 5.74) is 3.71. The molecule has 1 heterocycles. The van der Waals surface area contributed by atoms with Crippen LogP contribution in [0.15, 0.2) is 18.2 Å². The van der Waals surface area contributed by atoms with Crippen LogP contribution in [0.1, 0.15) is 36.0 Å². The molecule has 0 saturated carbocycles. The van der Waals surface area contributed by atoms with Crippen LogP contribution in [0.2, 0.25) is 0 Å². The van der Waals surface area contributed by atoms with Crippen molar-refractivity contribution in [3.63, 3.8) is 0 Å². The predicted molar refractivity (Wildman–Crippen MR) is 74.8 cm³/mol. The SMILES string of the molecule is Cc1cccc(C)c1CC(=O)CC1CCCNC1. The van der Waals surface area contributed by atoms with Gasteiger partial charge in [0.1, 0.15) is 5.78 Å². The molecule has 0 aliphatic carbocycles. The van der Waals surface area contributed by atoms with Crippen molar-refractivity contribution in [1.82, 2.24) is 5.32 Å². The third-order valence-electron chi connectivity index (χ3n) is 3.93. The van der Waals surface area contributed by atoms with Crippen molar-refractivity contribution in [1.29, 1.82) is 0 Å². The number of carbonyl (C=O) groups excluding carboxylic acids is 1. The zero-order valence-electron chi connectivity index (χ0n) is 11.5. The number of hydrogen-bond acceptors (Lipinski definition) is 2. The van der Waals surface area contributed by atoms with E-state index in [1.165, 1.54) is 29.5 Å². The van der Waals surface area contributed by atoms with Gasteiger partial charge in [0, 0.05) is 12.8 Å². The number of nitrogens with one attached hydrogen (secondary N) is 1. The standard InChI is InChI=1S/C16H23NO/c1-12-5-3-6-13(2)16(12)10-15(18)9-14-7-4-8-17-11-14/h3,5-6,14,17H,4,7-11H2,1-2H3. The fourth-order valence-electron chi connectivity index (χ4n) is 2.82. The van der Waals surface area contributed by atoms with Crippen LogP contribution in [0.25, 0.3) is 0 Å². The maximum atomic E-state index is 12.2. The monoisotopic (exact) mass is 245 g/mol. The first kappa shape index (κ1) is 13.3. The summed E-state index contributed by atoms with van der Waals surface area (Å²) in [7, 11) is 0. The van der Waals surface area contributed by atoms with Gasteiger partial charge in [0.25, 0.3) is 0 Å². The van der Waals surface area contributed by atoms with Gasteiger partial charge in [0.05, 0.1) is 0 Å². The molecule has 0 bridgehead atoms. The van der Waals surface area contributed by atoms with Crippen LogP contribution in [0.4, 0.5) is 0 Å². The van der Waals surface area contributed by atoms with Gasteiger partial charge in [0.15, 0.2) is 0 Å². The summed E-state index contributed by atoms with van der Waals surface area (Å²) in [6, 6.07) is 6.25. The van der Waals surface area contributed by atoms with Crippen LogP contribution in [-0.2, 0) is 11.2 Å². The highest BCUT2D eigenvalue weighted by molar-refractivity contribution is 5.81. The molecule has 18 heavy (non-hydrogen) atoms. The first-order valence-corrected chi connectivity index (χ1v) is 6.94. The van der Waals surface area contributed by atoms with Crippen LogP contribution in [0, 0.1) is 19.8 Å².